The molecular weight excluding hydrogens is 728 g/mol. The van der Waals surface area contributed by atoms with Gasteiger partial charge in [-0.1, -0.05) is 59.7 Å². The van der Waals surface area contributed by atoms with Gasteiger partial charge in [0.05, 0.1) is 18.0 Å². The largest absolute Gasteiger partial charge is 2.00 e. The van der Waals surface area contributed by atoms with Gasteiger partial charge in [-0.25, -0.2) is 4.98 Å². The Morgan fingerprint density at radius 1 is 0.674 bits per heavy atom. The summed E-state index contributed by atoms with van der Waals surface area (Å²) >= 11 is 1.69. The van der Waals surface area contributed by atoms with Crippen molar-refractivity contribution in [1.82, 2.24) is 9.55 Å². The second kappa shape index (κ2) is 11.4. The van der Waals surface area contributed by atoms with Crippen LogP contribution in [0.5, 0.6) is 0 Å². The smallest absolute Gasteiger partial charge is 0.345 e. The summed E-state index contributed by atoms with van der Waals surface area (Å²) in [5.41, 5.74) is 7.95. The van der Waals surface area contributed by atoms with E-state index in [1.165, 1.54) is 33.4 Å². The molecule has 4 nitrogen and oxygen atoms in total. The predicted octanol–water partition coefficient (Wildman–Crippen LogP) is 9.48. The van der Waals surface area contributed by atoms with Gasteiger partial charge in [0.1, 0.15) is 5.82 Å². The fourth-order valence-corrected chi connectivity index (χ4v) is 6.66. The second-order valence-corrected chi connectivity index (χ2v) is 11.5. The average molecular weight is 754 g/mol. The van der Waals surface area contributed by atoms with E-state index in [1.54, 1.807) is 11.8 Å². The van der Waals surface area contributed by atoms with Gasteiger partial charge in [-0.3, -0.25) is 0 Å². The molecule has 0 N–H and O–H groups in total. The number of para-hydroxylation sites is 4. The molecule has 0 radical (unpaired) electrons. The summed E-state index contributed by atoms with van der Waals surface area (Å²) < 4.78 is 2.22. The second-order valence-electron chi connectivity index (χ2n) is 10.5. The Kier molecular flexibility index (Phi) is 7.30. The molecule has 1 aliphatic heterocycles. The summed E-state index contributed by atoms with van der Waals surface area (Å²) in [6.07, 6.45) is 1.87. The van der Waals surface area contributed by atoms with Crippen molar-refractivity contribution in [3.05, 3.63) is 145 Å². The SMILES string of the molecule is Cc1ccnc(-n2c3[c-]c(Sc4[c-]c(N5CN(c6ccccc6)c6ccccc65)ccc4)ccc3c3ccccc32)c1.[Pt+2]. The summed E-state index contributed by atoms with van der Waals surface area (Å²) in [6, 6.07) is 50.0. The van der Waals surface area contributed by atoms with Crippen LogP contribution in [-0.2, 0) is 21.1 Å². The summed E-state index contributed by atoms with van der Waals surface area (Å²) in [7, 11) is 0. The van der Waals surface area contributed by atoms with Gasteiger partial charge >= 0.3 is 21.1 Å². The van der Waals surface area contributed by atoms with E-state index in [2.05, 4.69) is 149 Å². The number of aryl methyl sites for hydroxylation is 1. The van der Waals surface area contributed by atoms with Crippen molar-refractivity contribution < 1.29 is 21.1 Å². The molecule has 0 aliphatic carbocycles. The van der Waals surface area contributed by atoms with Crippen molar-refractivity contribution in [1.29, 1.82) is 0 Å². The number of aromatic nitrogens is 2. The molecule has 0 bridgehead atoms. The first kappa shape index (κ1) is 27.5. The summed E-state index contributed by atoms with van der Waals surface area (Å²) in [4.78, 5) is 11.5. The topological polar surface area (TPSA) is 24.3 Å². The van der Waals surface area contributed by atoms with Crippen molar-refractivity contribution in [3.63, 3.8) is 0 Å². The van der Waals surface area contributed by atoms with Crippen LogP contribution in [0.1, 0.15) is 5.56 Å². The molecule has 0 atom stereocenters. The van der Waals surface area contributed by atoms with Crippen LogP contribution in [0.4, 0.5) is 22.7 Å². The zero-order valence-corrected chi connectivity index (χ0v) is 26.4. The molecule has 0 unspecified atom stereocenters. The number of anilines is 4. The van der Waals surface area contributed by atoms with E-state index < -0.39 is 0 Å². The molecule has 2 aromatic heterocycles. The van der Waals surface area contributed by atoms with Crippen LogP contribution in [0.15, 0.2) is 137 Å². The first-order valence-electron chi connectivity index (χ1n) is 14.0. The monoisotopic (exact) mass is 753 g/mol. The molecule has 0 spiro atoms. The summed E-state index contributed by atoms with van der Waals surface area (Å²) in [6.45, 7) is 2.83. The standard InChI is InChI=1S/C37H26N4S.Pt/c1-26-20-21-38-37(22-26)41-33-15-6-5-14-31(33)32-19-18-30(24-36(32)41)42-29-13-9-12-28(23-29)40-25-39(27-10-3-2-4-11-27)34-16-7-8-17-35(34)40;/h2-22H,25H2,1H3;/q-2;+2. The zero-order valence-electron chi connectivity index (χ0n) is 23.3. The fourth-order valence-electron chi connectivity index (χ4n) is 5.83. The molecule has 7 aromatic rings. The third kappa shape index (κ3) is 4.93. The van der Waals surface area contributed by atoms with Gasteiger partial charge in [-0.2, -0.15) is 24.3 Å². The third-order valence-corrected chi connectivity index (χ3v) is 8.68. The van der Waals surface area contributed by atoms with E-state index in [4.69, 9.17) is 4.98 Å². The van der Waals surface area contributed by atoms with Gasteiger partial charge < -0.3 is 14.4 Å². The van der Waals surface area contributed by atoms with Crippen LogP contribution < -0.4 is 9.80 Å². The Bertz CT molecular complexity index is 2090. The van der Waals surface area contributed by atoms with Gasteiger partial charge in [-0.05, 0) is 60.3 Å². The van der Waals surface area contributed by atoms with Gasteiger partial charge in [-0.15, -0.1) is 45.1 Å². The van der Waals surface area contributed by atoms with Crippen molar-refractivity contribution in [3.8, 4) is 5.82 Å². The number of rotatable bonds is 5. The third-order valence-electron chi connectivity index (χ3n) is 7.76. The van der Waals surface area contributed by atoms with Crippen LogP contribution >= 0.6 is 11.8 Å². The summed E-state index contributed by atoms with van der Waals surface area (Å²) in [5.74, 6) is 0.906. The van der Waals surface area contributed by atoms with E-state index >= 15 is 0 Å². The van der Waals surface area contributed by atoms with Crippen LogP contribution in [0.2, 0.25) is 0 Å². The quantitative estimate of drug-likeness (QED) is 0.164. The number of benzene rings is 5. The minimum Gasteiger partial charge on any atom is -0.345 e. The van der Waals surface area contributed by atoms with E-state index in [0.717, 1.165) is 39.0 Å². The maximum atomic E-state index is 4.72. The predicted molar refractivity (Wildman–Crippen MR) is 174 cm³/mol. The molecule has 210 valence electrons. The van der Waals surface area contributed by atoms with Crippen molar-refractivity contribution >= 4 is 56.3 Å². The molecule has 0 amide bonds. The Morgan fingerprint density at radius 3 is 2.26 bits per heavy atom. The number of nitrogens with zero attached hydrogens (tertiary/aromatic N) is 4. The molecule has 6 heteroatoms. The van der Waals surface area contributed by atoms with Crippen molar-refractivity contribution in [2.24, 2.45) is 0 Å². The summed E-state index contributed by atoms with van der Waals surface area (Å²) in [5, 5.41) is 2.37. The zero-order chi connectivity index (χ0) is 28.0. The number of fused-ring (bicyclic) bond motifs is 4. The Labute approximate surface area is 269 Å². The van der Waals surface area contributed by atoms with Gasteiger partial charge in [0.2, 0.25) is 0 Å². The minimum atomic E-state index is 0. The molecule has 3 heterocycles. The maximum Gasteiger partial charge on any atom is 2.00 e. The van der Waals surface area contributed by atoms with E-state index in [0.29, 0.717) is 0 Å². The molecule has 5 aromatic carbocycles. The van der Waals surface area contributed by atoms with Crippen LogP contribution in [0.3, 0.4) is 0 Å². The molecule has 1 aliphatic rings. The van der Waals surface area contributed by atoms with Crippen LogP contribution in [0, 0.1) is 19.1 Å². The Hall–Kier alpha value is -4.31. The molecule has 0 saturated heterocycles. The first-order valence-corrected chi connectivity index (χ1v) is 14.8. The number of hydrogen-bond donors (Lipinski definition) is 0. The van der Waals surface area contributed by atoms with Crippen molar-refractivity contribution in [2.75, 3.05) is 16.5 Å². The fraction of sp³-hybridized carbons (Fsp3) is 0.0541. The minimum absolute atomic E-state index is 0. The molecule has 8 rings (SSSR count). The van der Waals surface area contributed by atoms with Crippen LogP contribution in [-0.4, -0.2) is 16.2 Å². The molecule has 0 saturated carbocycles. The van der Waals surface area contributed by atoms with Gasteiger partial charge in [0.25, 0.3) is 0 Å². The van der Waals surface area contributed by atoms with Gasteiger partial charge in [0, 0.05) is 17.4 Å². The first-order chi connectivity index (χ1) is 20.7. The molecule has 43 heavy (non-hydrogen) atoms. The van der Waals surface area contributed by atoms with Crippen LogP contribution in [0.25, 0.3) is 27.6 Å². The number of pyridine rings is 1. The maximum absolute atomic E-state index is 4.72. The Morgan fingerprint density at radius 2 is 1.42 bits per heavy atom. The van der Waals surface area contributed by atoms with E-state index in [1.807, 2.05) is 12.3 Å². The normalized spacial score (nSPS) is 12.5. The number of hydrogen-bond acceptors (Lipinski definition) is 4. The van der Waals surface area contributed by atoms with Gasteiger partial charge in [0.15, 0.2) is 0 Å². The van der Waals surface area contributed by atoms with E-state index in [9.17, 15) is 0 Å². The van der Waals surface area contributed by atoms with E-state index in [-0.39, 0.29) is 21.1 Å². The Balaban J connectivity index is 0.00000300. The molecule has 0 fully saturated rings. The molecular formula is C37H26N4PtS. The average Bonchev–Trinajstić information content (AvgIpc) is 3.58. The van der Waals surface area contributed by atoms with Crippen molar-refractivity contribution in [2.45, 2.75) is 16.7 Å².